The number of carbonyl (C=O) groups is 1. The number of ether oxygens (including phenoxy) is 1. The maximum absolute atomic E-state index is 11.5. The molecule has 0 aliphatic rings. The zero-order valence-electron chi connectivity index (χ0n) is 10.9. The number of halogens is 2. The van der Waals surface area contributed by atoms with Crippen LogP contribution in [0.4, 0.5) is 0 Å². The van der Waals surface area contributed by atoms with Crippen LogP contribution in [-0.2, 0) is 9.53 Å². The molecule has 1 aromatic carbocycles. The highest BCUT2D eigenvalue weighted by atomic mass is 35.5. The molecule has 0 heterocycles. The highest BCUT2D eigenvalue weighted by Crippen LogP contribution is 2.19. The highest BCUT2D eigenvalue weighted by Gasteiger charge is 2.12. The average Bonchev–Trinajstić information content (AvgIpc) is 2.37. The lowest BCUT2D eigenvalue weighted by molar-refractivity contribution is -0.121. The molecule has 0 saturated heterocycles. The third-order valence-electron chi connectivity index (χ3n) is 2.60. The van der Waals surface area contributed by atoms with Crippen LogP contribution in [0.25, 0.3) is 0 Å². The summed E-state index contributed by atoms with van der Waals surface area (Å²) in [4.78, 5) is 11.5. The Hall–Kier alpha value is -0.810. The Balaban J connectivity index is 0.00000324. The molecule has 0 aromatic heterocycles. The van der Waals surface area contributed by atoms with E-state index in [1.807, 2.05) is 18.2 Å². The van der Waals surface area contributed by atoms with Gasteiger partial charge in [0.25, 0.3) is 0 Å². The van der Waals surface area contributed by atoms with E-state index in [1.165, 1.54) is 0 Å². The van der Waals surface area contributed by atoms with E-state index in [0.29, 0.717) is 31.0 Å². The van der Waals surface area contributed by atoms with Gasteiger partial charge in [0.1, 0.15) is 0 Å². The van der Waals surface area contributed by atoms with Crippen molar-refractivity contribution in [2.45, 2.75) is 18.9 Å². The number of nitrogens with two attached hydrogens (primary N) is 1. The average molecular weight is 307 g/mol. The molecule has 1 aromatic rings. The van der Waals surface area contributed by atoms with Gasteiger partial charge in [0.15, 0.2) is 0 Å². The van der Waals surface area contributed by atoms with Gasteiger partial charge in [0.05, 0.1) is 6.10 Å². The summed E-state index contributed by atoms with van der Waals surface area (Å²) in [6.45, 7) is 0.954. The van der Waals surface area contributed by atoms with Gasteiger partial charge in [-0.3, -0.25) is 4.79 Å². The van der Waals surface area contributed by atoms with Crippen molar-refractivity contribution in [3.05, 3.63) is 34.9 Å². The highest BCUT2D eigenvalue weighted by molar-refractivity contribution is 6.30. The summed E-state index contributed by atoms with van der Waals surface area (Å²) in [7, 11) is 1.61. The number of amides is 1. The predicted octanol–water partition coefficient (Wildman–Crippen LogP) is 2.30. The summed E-state index contributed by atoms with van der Waals surface area (Å²) in [5, 5.41) is 3.48. The molecule has 3 N–H and O–H groups in total. The SMILES string of the molecule is COC(CNC(=O)CCCN)c1cccc(Cl)c1.Cl. The topological polar surface area (TPSA) is 64.3 Å². The fourth-order valence-electron chi connectivity index (χ4n) is 1.60. The Morgan fingerprint density at radius 1 is 1.53 bits per heavy atom. The molecule has 0 saturated carbocycles. The van der Waals surface area contributed by atoms with Crippen LogP contribution in [0.3, 0.4) is 0 Å². The van der Waals surface area contributed by atoms with Gasteiger partial charge < -0.3 is 15.8 Å². The quantitative estimate of drug-likeness (QED) is 0.812. The van der Waals surface area contributed by atoms with Gasteiger partial charge in [0.2, 0.25) is 5.91 Å². The second-order valence-corrected chi connectivity index (χ2v) is 4.41. The first-order valence-electron chi connectivity index (χ1n) is 5.92. The molecular weight excluding hydrogens is 287 g/mol. The van der Waals surface area contributed by atoms with E-state index in [1.54, 1.807) is 13.2 Å². The van der Waals surface area contributed by atoms with E-state index in [4.69, 9.17) is 22.1 Å². The molecule has 6 heteroatoms. The molecular formula is C13H20Cl2N2O2. The van der Waals surface area contributed by atoms with Crippen LogP contribution >= 0.6 is 24.0 Å². The van der Waals surface area contributed by atoms with Crippen LogP contribution in [0.5, 0.6) is 0 Å². The summed E-state index contributed by atoms with van der Waals surface area (Å²) in [6, 6.07) is 7.42. The Morgan fingerprint density at radius 3 is 2.84 bits per heavy atom. The monoisotopic (exact) mass is 306 g/mol. The van der Waals surface area contributed by atoms with E-state index < -0.39 is 0 Å². The number of hydrogen-bond donors (Lipinski definition) is 2. The number of carbonyl (C=O) groups excluding carboxylic acids is 1. The zero-order valence-corrected chi connectivity index (χ0v) is 12.5. The van der Waals surface area contributed by atoms with E-state index in [2.05, 4.69) is 5.32 Å². The lowest BCUT2D eigenvalue weighted by atomic mass is 10.1. The van der Waals surface area contributed by atoms with Crippen molar-refractivity contribution in [3.63, 3.8) is 0 Å². The molecule has 0 aliphatic heterocycles. The van der Waals surface area contributed by atoms with Gasteiger partial charge in [0, 0.05) is 25.1 Å². The Bertz CT molecular complexity index is 389. The number of benzene rings is 1. The van der Waals surface area contributed by atoms with Gasteiger partial charge in [-0.15, -0.1) is 12.4 Å². The van der Waals surface area contributed by atoms with Crippen LogP contribution in [-0.4, -0.2) is 26.1 Å². The van der Waals surface area contributed by atoms with Crippen LogP contribution in [0.15, 0.2) is 24.3 Å². The number of methoxy groups -OCH3 is 1. The van der Waals surface area contributed by atoms with Crippen LogP contribution in [0, 0.1) is 0 Å². The van der Waals surface area contributed by atoms with Crippen molar-refractivity contribution in [2.75, 3.05) is 20.2 Å². The second kappa shape index (κ2) is 10.0. The summed E-state index contributed by atoms with van der Waals surface area (Å²) >= 11 is 5.92. The second-order valence-electron chi connectivity index (χ2n) is 3.98. The third-order valence-corrected chi connectivity index (χ3v) is 2.83. The minimum atomic E-state index is -0.189. The Labute approximate surface area is 125 Å². The minimum Gasteiger partial charge on any atom is -0.375 e. The van der Waals surface area contributed by atoms with Crippen molar-refractivity contribution >= 4 is 29.9 Å². The van der Waals surface area contributed by atoms with Crippen LogP contribution in [0.2, 0.25) is 5.02 Å². The lowest BCUT2D eigenvalue weighted by Crippen LogP contribution is -2.29. The van der Waals surface area contributed by atoms with Gasteiger partial charge >= 0.3 is 0 Å². The van der Waals surface area contributed by atoms with Crippen LogP contribution < -0.4 is 11.1 Å². The van der Waals surface area contributed by atoms with E-state index >= 15 is 0 Å². The number of hydrogen-bond acceptors (Lipinski definition) is 3. The molecule has 1 unspecified atom stereocenters. The molecule has 1 amide bonds. The van der Waals surface area contributed by atoms with Crippen molar-refractivity contribution in [1.82, 2.24) is 5.32 Å². The Morgan fingerprint density at radius 2 is 2.26 bits per heavy atom. The predicted molar refractivity (Wildman–Crippen MR) is 79.7 cm³/mol. The van der Waals surface area contributed by atoms with Crippen LogP contribution in [0.1, 0.15) is 24.5 Å². The summed E-state index contributed by atoms with van der Waals surface area (Å²) < 4.78 is 5.35. The van der Waals surface area contributed by atoms with Crippen molar-refractivity contribution in [2.24, 2.45) is 5.73 Å². The normalized spacial score (nSPS) is 11.5. The summed E-state index contributed by atoms with van der Waals surface area (Å²) in [5.74, 6) is -0.00970. The van der Waals surface area contributed by atoms with Crippen molar-refractivity contribution in [1.29, 1.82) is 0 Å². The first-order chi connectivity index (χ1) is 8.67. The van der Waals surface area contributed by atoms with Crippen molar-refractivity contribution < 1.29 is 9.53 Å². The molecule has 0 radical (unpaired) electrons. The van der Waals surface area contributed by atoms with Gasteiger partial charge in [-0.1, -0.05) is 23.7 Å². The molecule has 0 bridgehead atoms. The fraction of sp³-hybridized carbons (Fsp3) is 0.462. The minimum absolute atomic E-state index is 0. The smallest absolute Gasteiger partial charge is 0.220 e. The molecule has 108 valence electrons. The number of rotatable bonds is 7. The summed E-state index contributed by atoms with van der Waals surface area (Å²) in [6.07, 6.45) is 0.953. The fourth-order valence-corrected chi connectivity index (χ4v) is 1.80. The molecule has 0 aliphatic carbocycles. The molecule has 0 spiro atoms. The maximum Gasteiger partial charge on any atom is 0.220 e. The largest absolute Gasteiger partial charge is 0.375 e. The first kappa shape index (κ1) is 18.2. The lowest BCUT2D eigenvalue weighted by Gasteiger charge is -2.16. The molecule has 19 heavy (non-hydrogen) atoms. The first-order valence-corrected chi connectivity index (χ1v) is 6.30. The standard InChI is InChI=1S/C13H19ClN2O2.ClH/c1-18-12(9-16-13(17)6-3-7-15)10-4-2-5-11(14)8-10;/h2,4-5,8,12H,3,6-7,9,15H2,1H3,(H,16,17);1H. The van der Waals surface area contributed by atoms with Gasteiger partial charge in [-0.25, -0.2) is 0 Å². The van der Waals surface area contributed by atoms with E-state index in [9.17, 15) is 4.79 Å². The Kier molecular flexibility index (Phi) is 9.61. The zero-order chi connectivity index (χ0) is 13.4. The van der Waals surface area contributed by atoms with Gasteiger partial charge in [-0.2, -0.15) is 0 Å². The molecule has 0 fully saturated rings. The summed E-state index contributed by atoms with van der Waals surface area (Å²) in [5.41, 5.74) is 6.30. The molecule has 4 nitrogen and oxygen atoms in total. The van der Waals surface area contributed by atoms with Gasteiger partial charge in [-0.05, 0) is 30.7 Å². The van der Waals surface area contributed by atoms with E-state index in [0.717, 1.165) is 5.56 Å². The van der Waals surface area contributed by atoms with Crippen molar-refractivity contribution in [3.8, 4) is 0 Å². The maximum atomic E-state index is 11.5. The number of nitrogens with one attached hydrogen (secondary N) is 1. The van der Waals surface area contributed by atoms with E-state index in [-0.39, 0.29) is 24.4 Å². The third kappa shape index (κ3) is 6.78. The molecule has 1 atom stereocenters. The molecule has 1 rings (SSSR count).